The number of ether oxygens (including phenoxy) is 2. The average Bonchev–Trinajstić information content (AvgIpc) is 3.19. The molecular formula is C19H16N2O5. The molecule has 2 aromatic heterocycles. The number of aromatic carboxylic acids is 1. The first-order valence-electron chi connectivity index (χ1n) is 8.67. The largest absolute Gasteiger partial charge is 0.490 e. The highest BCUT2D eigenvalue weighted by Crippen LogP contribution is 2.39. The summed E-state index contributed by atoms with van der Waals surface area (Å²) in [6.45, 7) is 1.18. The third-order valence-electron chi connectivity index (χ3n) is 4.89. The van der Waals surface area contributed by atoms with Crippen molar-refractivity contribution >= 4 is 17.1 Å². The Kier molecular flexibility index (Phi) is 3.34. The molecular weight excluding hydrogens is 336 g/mol. The van der Waals surface area contributed by atoms with E-state index in [-0.39, 0.29) is 11.3 Å². The van der Waals surface area contributed by atoms with Gasteiger partial charge in [-0.05, 0) is 43.0 Å². The molecule has 1 aliphatic carbocycles. The van der Waals surface area contributed by atoms with Crippen LogP contribution in [0.3, 0.4) is 0 Å². The van der Waals surface area contributed by atoms with Crippen LogP contribution in [0.15, 0.2) is 22.7 Å². The number of rotatable bonds is 2. The number of pyridine rings is 1. The van der Waals surface area contributed by atoms with Crippen LogP contribution in [0.5, 0.6) is 11.5 Å². The summed E-state index contributed by atoms with van der Waals surface area (Å²) >= 11 is 0. The van der Waals surface area contributed by atoms with Gasteiger partial charge in [0.2, 0.25) is 0 Å². The molecule has 0 unspecified atom stereocenters. The van der Waals surface area contributed by atoms with E-state index in [2.05, 4.69) is 10.1 Å². The molecule has 1 aromatic carbocycles. The molecule has 132 valence electrons. The number of benzene rings is 1. The Bertz CT molecular complexity index is 1040. The number of aromatic nitrogens is 2. The number of carbonyl (C=O) groups is 1. The monoisotopic (exact) mass is 352 g/mol. The quantitative estimate of drug-likeness (QED) is 0.756. The fourth-order valence-electron chi connectivity index (χ4n) is 3.72. The van der Waals surface area contributed by atoms with Gasteiger partial charge in [0.05, 0.1) is 24.2 Å². The summed E-state index contributed by atoms with van der Waals surface area (Å²) in [5.74, 6) is 0.327. The second kappa shape index (κ2) is 5.72. The van der Waals surface area contributed by atoms with Crippen molar-refractivity contribution in [3.05, 3.63) is 35.0 Å². The lowest BCUT2D eigenvalue weighted by atomic mass is 9.99. The van der Waals surface area contributed by atoms with Crippen LogP contribution in [0, 0.1) is 0 Å². The predicted octanol–water partition coefficient (Wildman–Crippen LogP) is 3.24. The Morgan fingerprint density at radius 1 is 1.08 bits per heavy atom. The van der Waals surface area contributed by atoms with Gasteiger partial charge in [-0.2, -0.15) is 0 Å². The predicted molar refractivity (Wildman–Crippen MR) is 91.8 cm³/mol. The van der Waals surface area contributed by atoms with Gasteiger partial charge in [0.25, 0.3) is 5.71 Å². The molecule has 0 radical (unpaired) electrons. The zero-order chi connectivity index (χ0) is 17.7. The van der Waals surface area contributed by atoms with Gasteiger partial charge in [-0.15, -0.1) is 0 Å². The number of carboxylic acids is 1. The highest BCUT2D eigenvalue weighted by Gasteiger charge is 2.28. The average molecular weight is 352 g/mol. The lowest BCUT2D eigenvalue weighted by Gasteiger charge is -2.09. The molecule has 2 aliphatic rings. The van der Waals surface area contributed by atoms with E-state index in [9.17, 15) is 9.90 Å². The second-order valence-corrected chi connectivity index (χ2v) is 6.49. The van der Waals surface area contributed by atoms with Crippen molar-refractivity contribution in [1.29, 1.82) is 0 Å². The van der Waals surface area contributed by atoms with Crippen LogP contribution in [0.4, 0.5) is 0 Å². The number of carboxylic acid groups (broad SMARTS) is 1. The third-order valence-corrected chi connectivity index (χ3v) is 4.89. The van der Waals surface area contributed by atoms with E-state index in [0.29, 0.717) is 42.2 Å². The van der Waals surface area contributed by atoms with Crippen molar-refractivity contribution in [2.24, 2.45) is 0 Å². The molecule has 0 spiro atoms. The van der Waals surface area contributed by atoms with Crippen molar-refractivity contribution in [1.82, 2.24) is 10.1 Å². The van der Waals surface area contributed by atoms with E-state index >= 15 is 0 Å². The fourth-order valence-corrected chi connectivity index (χ4v) is 3.72. The molecule has 5 rings (SSSR count). The molecule has 1 aliphatic heterocycles. The number of hydrogen-bond acceptors (Lipinski definition) is 6. The van der Waals surface area contributed by atoms with Crippen LogP contribution < -0.4 is 9.47 Å². The standard InChI is InChI=1S/C19H16N2O5/c22-19(23)15-11-3-1-4-12(11)20-18-16(15)17(21-26-18)10-5-6-13-14(9-10)25-8-2-7-24-13/h5-6,9H,1-4,7-8H2,(H,22,23). The highest BCUT2D eigenvalue weighted by molar-refractivity contribution is 6.08. The Hall–Kier alpha value is -3.09. The van der Waals surface area contributed by atoms with Crippen molar-refractivity contribution in [2.45, 2.75) is 25.7 Å². The molecule has 3 aromatic rings. The van der Waals surface area contributed by atoms with Crippen LogP contribution in [0.25, 0.3) is 22.4 Å². The maximum Gasteiger partial charge on any atom is 0.336 e. The zero-order valence-corrected chi connectivity index (χ0v) is 13.9. The van der Waals surface area contributed by atoms with Gasteiger partial charge in [0.15, 0.2) is 11.5 Å². The molecule has 1 N–H and O–H groups in total. The minimum absolute atomic E-state index is 0.255. The molecule has 26 heavy (non-hydrogen) atoms. The lowest BCUT2D eigenvalue weighted by Crippen LogP contribution is -2.05. The van der Waals surface area contributed by atoms with Gasteiger partial charge < -0.3 is 19.1 Å². The minimum atomic E-state index is -0.977. The van der Waals surface area contributed by atoms with Gasteiger partial charge in [-0.3, -0.25) is 0 Å². The summed E-state index contributed by atoms with van der Waals surface area (Å²) in [7, 11) is 0. The van der Waals surface area contributed by atoms with E-state index in [4.69, 9.17) is 14.0 Å². The van der Waals surface area contributed by atoms with Crippen molar-refractivity contribution in [3.63, 3.8) is 0 Å². The van der Waals surface area contributed by atoms with Gasteiger partial charge in [0.1, 0.15) is 5.69 Å². The number of hydrogen-bond donors (Lipinski definition) is 1. The molecule has 0 bridgehead atoms. The Morgan fingerprint density at radius 3 is 2.77 bits per heavy atom. The maximum atomic E-state index is 12.0. The van der Waals surface area contributed by atoms with Crippen LogP contribution in [0.2, 0.25) is 0 Å². The zero-order valence-electron chi connectivity index (χ0n) is 13.9. The fraction of sp³-hybridized carbons (Fsp3) is 0.316. The minimum Gasteiger partial charge on any atom is -0.490 e. The Balaban J connectivity index is 1.73. The van der Waals surface area contributed by atoms with E-state index < -0.39 is 5.97 Å². The summed E-state index contributed by atoms with van der Waals surface area (Å²) < 4.78 is 16.8. The summed E-state index contributed by atoms with van der Waals surface area (Å²) in [5.41, 5.74) is 3.31. The molecule has 0 amide bonds. The molecule has 0 saturated heterocycles. The summed E-state index contributed by atoms with van der Waals surface area (Å²) in [6.07, 6.45) is 3.20. The van der Waals surface area contributed by atoms with Crippen molar-refractivity contribution in [2.75, 3.05) is 13.2 Å². The summed E-state index contributed by atoms with van der Waals surface area (Å²) in [6, 6.07) is 5.47. The number of aryl methyl sites for hydroxylation is 1. The highest BCUT2D eigenvalue weighted by atomic mass is 16.5. The van der Waals surface area contributed by atoms with Crippen LogP contribution >= 0.6 is 0 Å². The topological polar surface area (TPSA) is 94.7 Å². The van der Waals surface area contributed by atoms with E-state index in [1.807, 2.05) is 18.2 Å². The van der Waals surface area contributed by atoms with Gasteiger partial charge >= 0.3 is 5.97 Å². The van der Waals surface area contributed by atoms with Crippen LogP contribution in [0.1, 0.15) is 34.5 Å². The van der Waals surface area contributed by atoms with Gasteiger partial charge in [-0.1, -0.05) is 5.16 Å². The smallest absolute Gasteiger partial charge is 0.336 e. The molecule has 0 fully saturated rings. The van der Waals surface area contributed by atoms with E-state index in [1.54, 1.807) is 0 Å². The normalized spacial score (nSPS) is 15.7. The number of fused-ring (bicyclic) bond motifs is 3. The Labute approximate surface area is 148 Å². The van der Waals surface area contributed by atoms with E-state index in [0.717, 1.165) is 36.1 Å². The van der Waals surface area contributed by atoms with Gasteiger partial charge in [-0.25, -0.2) is 9.78 Å². The molecule has 0 saturated carbocycles. The first-order valence-corrected chi connectivity index (χ1v) is 8.67. The summed E-state index contributed by atoms with van der Waals surface area (Å²) in [4.78, 5) is 16.5. The molecule has 3 heterocycles. The molecule has 0 atom stereocenters. The van der Waals surface area contributed by atoms with Crippen LogP contribution in [-0.4, -0.2) is 34.4 Å². The number of nitrogens with zero attached hydrogens (tertiary/aromatic N) is 2. The van der Waals surface area contributed by atoms with Crippen molar-refractivity contribution < 1.29 is 23.9 Å². The third kappa shape index (κ3) is 2.23. The van der Waals surface area contributed by atoms with Crippen molar-refractivity contribution in [3.8, 4) is 22.8 Å². The van der Waals surface area contributed by atoms with E-state index in [1.165, 1.54) is 0 Å². The molecule has 7 heteroatoms. The Morgan fingerprint density at radius 2 is 1.92 bits per heavy atom. The van der Waals surface area contributed by atoms with Gasteiger partial charge in [0, 0.05) is 17.7 Å². The maximum absolute atomic E-state index is 12.0. The molecule has 7 nitrogen and oxygen atoms in total. The summed E-state index contributed by atoms with van der Waals surface area (Å²) in [5, 5.41) is 14.4. The second-order valence-electron chi connectivity index (χ2n) is 6.49. The lowest BCUT2D eigenvalue weighted by molar-refractivity contribution is 0.0698. The first-order chi connectivity index (χ1) is 12.7. The SMILES string of the molecule is O=C(O)c1c2c(nc3onc(-c4ccc5c(c4)OCCCO5)c13)CCC2. The first kappa shape index (κ1) is 15.2. The van der Waals surface area contributed by atoms with Crippen LogP contribution in [-0.2, 0) is 12.8 Å².